The number of amides is 2. The Hall–Kier alpha value is -2.87. The van der Waals surface area contributed by atoms with Gasteiger partial charge in [0.15, 0.2) is 11.5 Å². The van der Waals surface area contributed by atoms with E-state index in [0.29, 0.717) is 15.7 Å². The van der Waals surface area contributed by atoms with Crippen LogP contribution in [-0.4, -0.2) is 30.2 Å². The topological polar surface area (TPSA) is 100 Å². The predicted molar refractivity (Wildman–Crippen MR) is 107 cm³/mol. The third kappa shape index (κ3) is 5.82. The van der Waals surface area contributed by atoms with Crippen molar-refractivity contribution in [3.05, 3.63) is 51.5 Å². The molecule has 0 radical (unpaired) electrons. The molecule has 3 N–H and O–H groups in total. The van der Waals surface area contributed by atoms with Crippen molar-refractivity contribution in [1.29, 1.82) is 0 Å². The second-order valence-corrected chi connectivity index (χ2v) is 6.78. The highest BCUT2D eigenvalue weighted by atomic mass is 79.9. The SMILES string of the molecule is COc1cc(Br)cc(/C=N/NC(=O)CC(=O)Nc2ccc(C)c(C)c2)c1O. The molecule has 0 aliphatic heterocycles. The number of hydrogen-bond donors (Lipinski definition) is 3. The minimum atomic E-state index is -0.575. The Kier molecular flexibility index (Phi) is 6.95. The van der Waals surface area contributed by atoms with Crippen LogP contribution >= 0.6 is 15.9 Å². The molecule has 2 amide bonds. The van der Waals surface area contributed by atoms with Gasteiger partial charge in [0, 0.05) is 15.7 Å². The Bertz CT molecular complexity index is 897. The predicted octanol–water partition coefficient (Wildman–Crippen LogP) is 3.26. The molecule has 2 aromatic rings. The standard InChI is InChI=1S/C19H20BrN3O4/c1-11-4-5-15(6-12(11)2)22-17(24)9-18(25)23-21-10-13-7-14(20)8-16(27-3)19(13)26/h4-8,10,26H,9H2,1-3H3,(H,22,24)(H,23,25)/b21-10+. The van der Waals surface area contributed by atoms with Gasteiger partial charge in [0.05, 0.1) is 13.3 Å². The average Bonchev–Trinajstić information content (AvgIpc) is 2.60. The number of rotatable bonds is 6. The molecule has 0 aromatic heterocycles. The molecule has 0 aliphatic rings. The van der Waals surface area contributed by atoms with Crippen molar-refractivity contribution in [2.45, 2.75) is 20.3 Å². The van der Waals surface area contributed by atoms with Gasteiger partial charge in [-0.3, -0.25) is 9.59 Å². The summed E-state index contributed by atoms with van der Waals surface area (Å²) < 4.78 is 5.72. The number of hydrogen-bond acceptors (Lipinski definition) is 5. The van der Waals surface area contributed by atoms with E-state index in [4.69, 9.17) is 4.74 Å². The summed E-state index contributed by atoms with van der Waals surface area (Å²) in [5.41, 5.74) is 5.40. The van der Waals surface area contributed by atoms with Crippen LogP contribution in [0.4, 0.5) is 5.69 Å². The van der Waals surface area contributed by atoms with Crippen LogP contribution in [0.2, 0.25) is 0 Å². The van der Waals surface area contributed by atoms with Gasteiger partial charge in [-0.2, -0.15) is 5.10 Å². The minimum Gasteiger partial charge on any atom is -0.504 e. The Morgan fingerprint density at radius 1 is 1.19 bits per heavy atom. The fourth-order valence-electron chi connectivity index (χ4n) is 2.23. The molecule has 7 nitrogen and oxygen atoms in total. The number of anilines is 1. The fraction of sp³-hybridized carbons (Fsp3) is 0.211. The van der Waals surface area contributed by atoms with Crippen LogP contribution in [0.25, 0.3) is 0 Å². The first-order chi connectivity index (χ1) is 12.8. The first kappa shape index (κ1) is 20.4. The molecule has 0 saturated heterocycles. The van der Waals surface area contributed by atoms with E-state index in [0.717, 1.165) is 11.1 Å². The van der Waals surface area contributed by atoms with Crippen molar-refractivity contribution >= 4 is 39.6 Å². The molecule has 27 heavy (non-hydrogen) atoms. The number of ether oxygens (including phenoxy) is 1. The largest absolute Gasteiger partial charge is 0.504 e. The normalized spacial score (nSPS) is 10.7. The van der Waals surface area contributed by atoms with Gasteiger partial charge < -0.3 is 15.2 Å². The second-order valence-electron chi connectivity index (χ2n) is 5.86. The van der Waals surface area contributed by atoms with E-state index < -0.39 is 11.8 Å². The summed E-state index contributed by atoms with van der Waals surface area (Å²) in [5.74, 6) is -0.858. The van der Waals surface area contributed by atoms with Gasteiger partial charge in [0.2, 0.25) is 11.8 Å². The van der Waals surface area contributed by atoms with Gasteiger partial charge in [-0.05, 0) is 49.2 Å². The average molecular weight is 434 g/mol. The van der Waals surface area contributed by atoms with Gasteiger partial charge >= 0.3 is 0 Å². The van der Waals surface area contributed by atoms with Crippen LogP contribution in [0.1, 0.15) is 23.1 Å². The molecular formula is C19H20BrN3O4. The number of nitrogens with one attached hydrogen (secondary N) is 2. The van der Waals surface area contributed by atoms with Crippen molar-refractivity contribution in [1.82, 2.24) is 5.43 Å². The van der Waals surface area contributed by atoms with E-state index in [9.17, 15) is 14.7 Å². The van der Waals surface area contributed by atoms with E-state index in [1.165, 1.54) is 13.3 Å². The molecule has 0 bridgehead atoms. The van der Waals surface area contributed by atoms with Crippen LogP contribution < -0.4 is 15.5 Å². The molecule has 0 atom stereocenters. The Labute approximate surface area is 165 Å². The third-order valence-corrected chi connectivity index (χ3v) is 4.25. The maximum Gasteiger partial charge on any atom is 0.249 e. The first-order valence-corrected chi connectivity index (χ1v) is 8.85. The molecule has 0 fully saturated rings. The molecule has 0 heterocycles. The first-order valence-electron chi connectivity index (χ1n) is 8.05. The van der Waals surface area contributed by atoms with Crippen molar-refractivity contribution in [3.63, 3.8) is 0 Å². The van der Waals surface area contributed by atoms with Gasteiger partial charge in [-0.15, -0.1) is 0 Å². The zero-order chi connectivity index (χ0) is 20.0. The Balaban J connectivity index is 1.92. The minimum absolute atomic E-state index is 0.105. The van der Waals surface area contributed by atoms with E-state index >= 15 is 0 Å². The third-order valence-electron chi connectivity index (χ3n) is 3.79. The number of carbonyl (C=O) groups is 2. The molecule has 0 spiro atoms. The number of carbonyl (C=O) groups excluding carboxylic acids is 2. The summed E-state index contributed by atoms with van der Waals surface area (Å²) in [6.07, 6.45) is 0.889. The van der Waals surface area contributed by atoms with Crippen LogP contribution in [0, 0.1) is 13.8 Å². The monoisotopic (exact) mass is 433 g/mol. The molecule has 2 rings (SSSR count). The van der Waals surface area contributed by atoms with E-state index in [1.807, 2.05) is 26.0 Å². The van der Waals surface area contributed by atoms with Crippen molar-refractivity contribution < 1.29 is 19.4 Å². The van der Waals surface area contributed by atoms with Gasteiger partial charge in [0.25, 0.3) is 0 Å². The van der Waals surface area contributed by atoms with Crippen LogP contribution in [-0.2, 0) is 9.59 Å². The number of hydrazone groups is 1. The number of nitrogens with zero attached hydrogens (tertiary/aromatic N) is 1. The van der Waals surface area contributed by atoms with Crippen molar-refractivity contribution in [2.75, 3.05) is 12.4 Å². The van der Waals surface area contributed by atoms with Gasteiger partial charge in [0.1, 0.15) is 6.42 Å². The lowest BCUT2D eigenvalue weighted by atomic mass is 10.1. The molecule has 2 aromatic carbocycles. The number of methoxy groups -OCH3 is 1. The summed E-state index contributed by atoms with van der Waals surface area (Å²) >= 11 is 3.29. The second kappa shape index (κ2) is 9.18. The Morgan fingerprint density at radius 3 is 2.59 bits per heavy atom. The van der Waals surface area contributed by atoms with Gasteiger partial charge in [-0.1, -0.05) is 22.0 Å². The van der Waals surface area contributed by atoms with Crippen molar-refractivity contribution in [2.24, 2.45) is 5.10 Å². The van der Waals surface area contributed by atoms with E-state index in [-0.39, 0.29) is 17.9 Å². The zero-order valence-corrected chi connectivity index (χ0v) is 16.8. The molecule has 0 saturated carbocycles. The van der Waals surface area contributed by atoms with Crippen LogP contribution in [0.15, 0.2) is 39.9 Å². The molecule has 0 aliphatic carbocycles. The number of phenols is 1. The number of aromatic hydroxyl groups is 1. The molecule has 142 valence electrons. The smallest absolute Gasteiger partial charge is 0.249 e. The summed E-state index contributed by atoms with van der Waals surface area (Å²) in [6, 6.07) is 8.73. The number of aryl methyl sites for hydroxylation is 2. The zero-order valence-electron chi connectivity index (χ0n) is 15.2. The highest BCUT2D eigenvalue weighted by molar-refractivity contribution is 9.10. The number of halogens is 1. The Morgan fingerprint density at radius 2 is 1.93 bits per heavy atom. The molecule has 0 unspecified atom stereocenters. The number of benzene rings is 2. The highest BCUT2D eigenvalue weighted by Crippen LogP contribution is 2.32. The highest BCUT2D eigenvalue weighted by Gasteiger charge is 2.11. The van der Waals surface area contributed by atoms with Crippen LogP contribution in [0.3, 0.4) is 0 Å². The summed E-state index contributed by atoms with van der Waals surface area (Å²) in [7, 11) is 1.43. The fourth-order valence-corrected chi connectivity index (χ4v) is 2.69. The lowest BCUT2D eigenvalue weighted by Gasteiger charge is -2.07. The lowest BCUT2D eigenvalue weighted by Crippen LogP contribution is -2.24. The molecular weight excluding hydrogens is 414 g/mol. The van der Waals surface area contributed by atoms with Gasteiger partial charge in [-0.25, -0.2) is 5.43 Å². The maximum absolute atomic E-state index is 11.9. The van der Waals surface area contributed by atoms with E-state index in [1.54, 1.807) is 18.2 Å². The van der Waals surface area contributed by atoms with Crippen molar-refractivity contribution in [3.8, 4) is 11.5 Å². The van der Waals surface area contributed by atoms with E-state index in [2.05, 4.69) is 31.8 Å². The summed E-state index contributed by atoms with van der Waals surface area (Å²) in [4.78, 5) is 23.8. The summed E-state index contributed by atoms with van der Waals surface area (Å²) in [6.45, 7) is 3.92. The summed E-state index contributed by atoms with van der Waals surface area (Å²) in [5, 5.41) is 16.4. The maximum atomic E-state index is 11.9. The molecule has 8 heteroatoms. The lowest BCUT2D eigenvalue weighted by molar-refractivity contribution is -0.126. The quantitative estimate of drug-likeness (QED) is 0.369. The van der Waals surface area contributed by atoms with Crippen LogP contribution in [0.5, 0.6) is 11.5 Å². The number of phenolic OH excluding ortho intramolecular Hbond substituents is 1.